The van der Waals surface area contributed by atoms with Crippen molar-refractivity contribution in [3.05, 3.63) is 34.2 Å². The lowest BCUT2D eigenvalue weighted by molar-refractivity contribution is -0.138. The van der Waals surface area contributed by atoms with E-state index in [0.29, 0.717) is 5.56 Å². The highest BCUT2D eigenvalue weighted by molar-refractivity contribution is 5.75. The fourth-order valence-electron chi connectivity index (χ4n) is 1.01. The van der Waals surface area contributed by atoms with E-state index in [4.69, 9.17) is 5.11 Å². The number of carboxylic acids is 1. The molecule has 1 atom stereocenters. The van der Waals surface area contributed by atoms with Crippen LogP contribution < -0.4 is 5.56 Å². The molecule has 0 saturated carbocycles. The number of hydrogen-bond acceptors (Lipinski definition) is 2. The molecule has 0 radical (unpaired) electrons. The Bertz CT molecular complexity index is 381. The molecule has 0 saturated heterocycles. The molecule has 70 valence electrons. The number of rotatable bonds is 2. The lowest BCUT2D eigenvalue weighted by Gasteiger charge is -2.07. The largest absolute Gasteiger partial charge is 0.481 e. The van der Waals surface area contributed by atoms with Crippen LogP contribution in [0.25, 0.3) is 0 Å². The molecular weight excluding hydrogens is 170 g/mol. The standard InChI is InChI=1S/C9H11NO3/c1-6(9(12)13)7-3-4-8(11)10(2)5-7/h3-6H,1-2H3,(H,12,13). The van der Waals surface area contributed by atoms with Gasteiger partial charge in [-0.15, -0.1) is 0 Å². The van der Waals surface area contributed by atoms with Crippen molar-refractivity contribution < 1.29 is 9.90 Å². The lowest BCUT2D eigenvalue weighted by atomic mass is 10.0. The molecule has 0 aliphatic carbocycles. The molecule has 0 fully saturated rings. The maximum Gasteiger partial charge on any atom is 0.310 e. The fraction of sp³-hybridized carbons (Fsp3) is 0.333. The highest BCUT2D eigenvalue weighted by Gasteiger charge is 2.13. The summed E-state index contributed by atoms with van der Waals surface area (Å²) in [6.07, 6.45) is 1.54. The van der Waals surface area contributed by atoms with Gasteiger partial charge in [0.05, 0.1) is 5.92 Å². The van der Waals surface area contributed by atoms with Crippen LogP contribution in [0.2, 0.25) is 0 Å². The van der Waals surface area contributed by atoms with Gasteiger partial charge in [0, 0.05) is 19.3 Å². The number of carbonyl (C=O) groups is 1. The second-order valence-electron chi connectivity index (χ2n) is 2.97. The van der Waals surface area contributed by atoms with Gasteiger partial charge in [0.25, 0.3) is 0 Å². The van der Waals surface area contributed by atoms with Crippen LogP contribution in [0, 0.1) is 0 Å². The molecule has 1 unspecified atom stereocenters. The van der Waals surface area contributed by atoms with Gasteiger partial charge in [-0.1, -0.05) is 6.07 Å². The van der Waals surface area contributed by atoms with Gasteiger partial charge in [0.1, 0.15) is 0 Å². The molecule has 0 spiro atoms. The van der Waals surface area contributed by atoms with E-state index in [1.165, 1.54) is 10.6 Å². The Morgan fingerprint density at radius 3 is 2.62 bits per heavy atom. The molecule has 13 heavy (non-hydrogen) atoms. The number of hydrogen-bond donors (Lipinski definition) is 1. The summed E-state index contributed by atoms with van der Waals surface area (Å²) in [5.74, 6) is -1.47. The molecule has 0 aliphatic rings. The third-order valence-electron chi connectivity index (χ3n) is 1.98. The molecule has 1 aromatic rings. The number of aliphatic carboxylic acids is 1. The highest BCUT2D eigenvalue weighted by atomic mass is 16.4. The lowest BCUT2D eigenvalue weighted by Crippen LogP contribution is -2.17. The normalized spacial score (nSPS) is 12.5. The van der Waals surface area contributed by atoms with Gasteiger partial charge in [-0.05, 0) is 12.5 Å². The second-order valence-corrected chi connectivity index (χ2v) is 2.97. The Hall–Kier alpha value is -1.58. The minimum absolute atomic E-state index is 0.138. The van der Waals surface area contributed by atoms with Crippen LogP contribution in [0.15, 0.2) is 23.1 Å². The first kappa shape index (κ1) is 9.51. The van der Waals surface area contributed by atoms with E-state index in [9.17, 15) is 9.59 Å². The molecule has 1 N–H and O–H groups in total. The van der Waals surface area contributed by atoms with Gasteiger partial charge >= 0.3 is 5.97 Å². The van der Waals surface area contributed by atoms with Gasteiger partial charge in [-0.3, -0.25) is 9.59 Å². The Kier molecular flexibility index (Phi) is 2.51. The summed E-state index contributed by atoms with van der Waals surface area (Å²) in [6, 6.07) is 2.91. The SMILES string of the molecule is CC(C(=O)O)c1ccc(=O)n(C)c1. The molecule has 4 heteroatoms. The Labute approximate surface area is 75.4 Å². The summed E-state index contributed by atoms with van der Waals surface area (Å²) in [5.41, 5.74) is 0.496. The third kappa shape index (κ3) is 1.96. The van der Waals surface area contributed by atoms with Crippen molar-refractivity contribution in [3.8, 4) is 0 Å². The predicted octanol–water partition coefficient (Wildman–Crippen LogP) is 0.573. The number of aryl methyl sites for hydroxylation is 1. The van der Waals surface area contributed by atoms with Crippen LogP contribution in [-0.4, -0.2) is 15.6 Å². The summed E-state index contributed by atoms with van der Waals surface area (Å²) in [6.45, 7) is 1.59. The zero-order valence-electron chi connectivity index (χ0n) is 7.52. The summed E-state index contributed by atoms with van der Waals surface area (Å²) >= 11 is 0. The van der Waals surface area contributed by atoms with Gasteiger partial charge in [0.2, 0.25) is 5.56 Å². The van der Waals surface area contributed by atoms with Gasteiger partial charge in [-0.2, -0.15) is 0 Å². The van der Waals surface area contributed by atoms with Crippen molar-refractivity contribution in [2.45, 2.75) is 12.8 Å². The van der Waals surface area contributed by atoms with Crippen LogP contribution in [0.1, 0.15) is 18.4 Å². The fourth-order valence-corrected chi connectivity index (χ4v) is 1.01. The van der Waals surface area contributed by atoms with Crippen molar-refractivity contribution in [1.29, 1.82) is 0 Å². The molecule has 0 aromatic carbocycles. The van der Waals surface area contributed by atoms with Crippen molar-refractivity contribution in [1.82, 2.24) is 4.57 Å². The first-order valence-electron chi connectivity index (χ1n) is 3.91. The summed E-state index contributed by atoms with van der Waals surface area (Å²) < 4.78 is 1.37. The number of carboxylic acid groups (broad SMARTS) is 1. The highest BCUT2D eigenvalue weighted by Crippen LogP contribution is 2.12. The van der Waals surface area contributed by atoms with Crippen molar-refractivity contribution in [2.24, 2.45) is 7.05 Å². The molecule has 0 amide bonds. The molecule has 1 aromatic heterocycles. The van der Waals surface area contributed by atoms with Crippen LogP contribution in [0.4, 0.5) is 0 Å². The Balaban J connectivity index is 3.11. The van der Waals surface area contributed by atoms with Crippen molar-refractivity contribution in [3.63, 3.8) is 0 Å². The van der Waals surface area contributed by atoms with Crippen molar-refractivity contribution >= 4 is 5.97 Å². The molecule has 4 nitrogen and oxygen atoms in total. The van der Waals surface area contributed by atoms with E-state index in [2.05, 4.69) is 0 Å². The maximum atomic E-state index is 11.0. The molecule has 0 aliphatic heterocycles. The maximum absolute atomic E-state index is 11.0. The molecule has 0 bridgehead atoms. The van der Waals surface area contributed by atoms with Crippen LogP contribution in [0.3, 0.4) is 0 Å². The van der Waals surface area contributed by atoms with Crippen LogP contribution in [-0.2, 0) is 11.8 Å². The average molecular weight is 181 g/mol. The van der Waals surface area contributed by atoms with Gasteiger partial charge in [0.15, 0.2) is 0 Å². The van der Waals surface area contributed by atoms with E-state index in [1.807, 2.05) is 0 Å². The summed E-state index contributed by atoms with van der Waals surface area (Å²) in [7, 11) is 1.60. The van der Waals surface area contributed by atoms with Gasteiger partial charge < -0.3 is 9.67 Å². The third-order valence-corrected chi connectivity index (χ3v) is 1.98. The molecule has 1 rings (SSSR count). The zero-order chi connectivity index (χ0) is 10.0. The first-order valence-corrected chi connectivity index (χ1v) is 3.91. The smallest absolute Gasteiger partial charge is 0.310 e. The monoisotopic (exact) mass is 181 g/mol. The number of aromatic nitrogens is 1. The quantitative estimate of drug-likeness (QED) is 0.725. The van der Waals surface area contributed by atoms with Crippen molar-refractivity contribution in [2.75, 3.05) is 0 Å². The van der Waals surface area contributed by atoms with Gasteiger partial charge in [-0.25, -0.2) is 0 Å². The second kappa shape index (κ2) is 3.43. The number of nitrogens with zero attached hydrogens (tertiary/aromatic N) is 1. The summed E-state index contributed by atoms with van der Waals surface area (Å²) in [5, 5.41) is 8.71. The minimum atomic E-state index is -0.890. The Morgan fingerprint density at radius 1 is 1.54 bits per heavy atom. The average Bonchev–Trinajstić information content (AvgIpc) is 2.08. The van der Waals surface area contributed by atoms with E-state index in [1.54, 1.807) is 26.2 Å². The predicted molar refractivity (Wildman–Crippen MR) is 47.7 cm³/mol. The van der Waals surface area contributed by atoms with E-state index < -0.39 is 11.9 Å². The zero-order valence-corrected chi connectivity index (χ0v) is 7.52. The first-order chi connectivity index (χ1) is 6.02. The summed E-state index contributed by atoms with van der Waals surface area (Å²) in [4.78, 5) is 21.6. The number of pyridine rings is 1. The van der Waals surface area contributed by atoms with Crippen LogP contribution in [0.5, 0.6) is 0 Å². The minimum Gasteiger partial charge on any atom is -0.481 e. The topological polar surface area (TPSA) is 59.3 Å². The van der Waals surface area contributed by atoms with E-state index in [0.717, 1.165) is 0 Å². The molecular formula is C9H11NO3. The van der Waals surface area contributed by atoms with E-state index >= 15 is 0 Å². The molecule has 1 heterocycles. The van der Waals surface area contributed by atoms with E-state index in [-0.39, 0.29) is 5.56 Å². The Morgan fingerprint density at radius 2 is 2.15 bits per heavy atom. The van der Waals surface area contributed by atoms with Crippen LogP contribution >= 0.6 is 0 Å².